The van der Waals surface area contributed by atoms with Gasteiger partial charge in [-0.3, -0.25) is 0 Å². The van der Waals surface area contributed by atoms with Crippen molar-refractivity contribution in [3.63, 3.8) is 0 Å². The number of nitrogen functional groups attached to an aromatic ring is 1. The quantitative estimate of drug-likeness (QED) is 0.892. The van der Waals surface area contributed by atoms with Gasteiger partial charge in [0.1, 0.15) is 5.75 Å². The molecule has 0 fully saturated rings. The second-order valence-corrected chi connectivity index (χ2v) is 4.19. The molecule has 5 heteroatoms. The van der Waals surface area contributed by atoms with Crippen LogP contribution < -0.4 is 10.5 Å². The number of benzene rings is 1. The lowest BCUT2D eigenvalue weighted by molar-refractivity contribution is 0.415. The van der Waals surface area contributed by atoms with E-state index in [2.05, 4.69) is 5.16 Å². The first kappa shape index (κ1) is 11.8. The van der Waals surface area contributed by atoms with Crippen LogP contribution in [0.1, 0.15) is 11.1 Å². The molecule has 0 saturated heterocycles. The molecule has 2 aromatic rings. The Hall–Kier alpha value is -1.68. The number of rotatable bonds is 2. The largest absolute Gasteiger partial charge is 0.496 e. The van der Waals surface area contributed by atoms with E-state index in [1.807, 2.05) is 19.9 Å². The standard InChI is InChI=1S/C12H13ClN2O2/c1-6-4-9(16-3)10(7(2)11(6)13)8-5-15-17-12(8)14/h4-5H,14H2,1-3H3. The number of hydrogen-bond donors (Lipinski definition) is 1. The Balaban J connectivity index is 2.76. The maximum absolute atomic E-state index is 6.23. The normalized spacial score (nSPS) is 10.6. The van der Waals surface area contributed by atoms with Gasteiger partial charge >= 0.3 is 0 Å². The molecular formula is C12H13ClN2O2. The van der Waals surface area contributed by atoms with Crippen LogP contribution in [0.15, 0.2) is 16.8 Å². The third-order valence-corrected chi connectivity index (χ3v) is 3.31. The van der Waals surface area contributed by atoms with Crippen LogP contribution in [-0.4, -0.2) is 12.3 Å². The van der Waals surface area contributed by atoms with Gasteiger partial charge in [0.2, 0.25) is 5.88 Å². The summed E-state index contributed by atoms with van der Waals surface area (Å²) in [7, 11) is 1.61. The predicted octanol–water partition coefficient (Wildman–Crippen LogP) is 3.20. The summed E-state index contributed by atoms with van der Waals surface area (Å²) in [4.78, 5) is 0. The molecular weight excluding hydrogens is 240 g/mol. The van der Waals surface area contributed by atoms with Crippen molar-refractivity contribution in [2.45, 2.75) is 13.8 Å². The molecule has 0 atom stereocenters. The number of ether oxygens (including phenoxy) is 1. The summed E-state index contributed by atoms with van der Waals surface area (Å²) in [6.07, 6.45) is 1.56. The lowest BCUT2D eigenvalue weighted by Crippen LogP contribution is -1.95. The van der Waals surface area contributed by atoms with Gasteiger partial charge in [0.15, 0.2) is 0 Å². The van der Waals surface area contributed by atoms with Gasteiger partial charge in [-0.25, -0.2) is 0 Å². The Morgan fingerprint density at radius 2 is 2.12 bits per heavy atom. The number of nitrogens with zero attached hydrogens (tertiary/aromatic N) is 1. The van der Waals surface area contributed by atoms with Crippen molar-refractivity contribution in [2.75, 3.05) is 12.8 Å². The van der Waals surface area contributed by atoms with Crippen LogP contribution in [-0.2, 0) is 0 Å². The molecule has 1 aromatic heterocycles. The molecule has 0 spiro atoms. The molecule has 1 aromatic carbocycles. The molecule has 90 valence electrons. The van der Waals surface area contributed by atoms with Gasteiger partial charge in [0.05, 0.1) is 18.9 Å². The maximum Gasteiger partial charge on any atom is 0.230 e. The molecule has 4 nitrogen and oxygen atoms in total. The van der Waals surface area contributed by atoms with E-state index in [0.29, 0.717) is 16.3 Å². The third kappa shape index (κ3) is 1.85. The summed E-state index contributed by atoms with van der Waals surface area (Å²) in [5.41, 5.74) is 9.10. The maximum atomic E-state index is 6.23. The number of aryl methyl sites for hydroxylation is 1. The molecule has 0 radical (unpaired) electrons. The van der Waals surface area contributed by atoms with Gasteiger partial charge in [-0.1, -0.05) is 16.8 Å². The van der Waals surface area contributed by atoms with Crippen LogP contribution >= 0.6 is 11.6 Å². The highest BCUT2D eigenvalue weighted by Gasteiger charge is 2.18. The zero-order valence-corrected chi connectivity index (χ0v) is 10.6. The minimum absolute atomic E-state index is 0.256. The van der Waals surface area contributed by atoms with Crippen molar-refractivity contribution >= 4 is 17.5 Å². The van der Waals surface area contributed by atoms with E-state index >= 15 is 0 Å². The Bertz CT molecular complexity index is 564. The number of methoxy groups -OCH3 is 1. The molecule has 1 heterocycles. The van der Waals surface area contributed by atoms with Gasteiger partial charge in [-0.05, 0) is 31.0 Å². The average molecular weight is 253 g/mol. The Kier molecular flexibility index (Phi) is 2.98. The minimum atomic E-state index is 0.256. The van der Waals surface area contributed by atoms with Crippen molar-refractivity contribution in [1.29, 1.82) is 0 Å². The first-order valence-electron chi connectivity index (χ1n) is 5.10. The van der Waals surface area contributed by atoms with Gasteiger partial charge < -0.3 is 15.0 Å². The number of aromatic nitrogens is 1. The van der Waals surface area contributed by atoms with Crippen molar-refractivity contribution < 1.29 is 9.26 Å². The SMILES string of the molecule is COc1cc(C)c(Cl)c(C)c1-c1cnoc1N. The molecule has 0 bridgehead atoms. The zero-order valence-electron chi connectivity index (χ0n) is 9.87. The van der Waals surface area contributed by atoms with Crippen molar-refractivity contribution in [2.24, 2.45) is 0 Å². The van der Waals surface area contributed by atoms with Crippen LogP contribution in [0.2, 0.25) is 5.02 Å². The molecule has 0 aliphatic carbocycles. The monoisotopic (exact) mass is 252 g/mol. The van der Waals surface area contributed by atoms with Crippen molar-refractivity contribution in [1.82, 2.24) is 5.16 Å². The topological polar surface area (TPSA) is 61.3 Å². The highest BCUT2D eigenvalue weighted by Crippen LogP contribution is 2.40. The zero-order chi connectivity index (χ0) is 12.6. The Labute approximate surface area is 104 Å². The fraction of sp³-hybridized carbons (Fsp3) is 0.250. The van der Waals surface area contributed by atoms with E-state index in [1.54, 1.807) is 13.3 Å². The van der Waals surface area contributed by atoms with Crippen LogP contribution in [0.25, 0.3) is 11.1 Å². The van der Waals surface area contributed by atoms with E-state index < -0.39 is 0 Å². The molecule has 2 N–H and O–H groups in total. The third-order valence-electron chi connectivity index (χ3n) is 2.73. The predicted molar refractivity (Wildman–Crippen MR) is 67.4 cm³/mol. The molecule has 17 heavy (non-hydrogen) atoms. The van der Waals surface area contributed by atoms with Gasteiger partial charge in [0.25, 0.3) is 0 Å². The minimum Gasteiger partial charge on any atom is -0.496 e. The van der Waals surface area contributed by atoms with E-state index in [9.17, 15) is 0 Å². The lowest BCUT2D eigenvalue weighted by atomic mass is 9.99. The second-order valence-electron chi connectivity index (χ2n) is 3.81. The first-order chi connectivity index (χ1) is 8.06. The highest BCUT2D eigenvalue weighted by atomic mass is 35.5. The summed E-state index contributed by atoms with van der Waals surface area (Å²) in [5, 5.41) is 4.36. The van der Waals surface area contributed by atoms with E-state index in [4.69, 9.17) is 26.6 Å². The number of hydrogen-bond acceptors (Lipinski definition) is 4. The summed E-state index contributed by atoms with van der Waals surface area (Å²) < 4.78 is 10.2. The highest BCUT2D eigenvalue weighted by molar-refractivity contribution is 6.32. The molecule has 0 aliphatic rings. The van der Waals surface area contributed by atoms with Crippen molar-refractivity contribution in [3.8, 4) is 16.9 Å². The molecule has 0 saturated carbocycles. The average Bonchev–Trinajstić information content (AvgIpc) is 2.72. The summed E-state index contributed by atoms with van der Waals surface area (Å²) in [5.74, 6) is 0.964. The van der Waals surface area contributed by atoms with Gasteiger partial charge in [-0.15, -0.1) is 0 Å². The fourth-order valence-corrected chi connectivity index (χ4v) is 2.00. The fourth-order valence-electron chi connectivity index (χ4n) is 1.85. The van der Waals surface area contributed by atoms with E-state index in [1.165, 1.54) is 0 Å². The number of anilines is 1. The molecule has 0 unspecified atom stereocenters. The number of nitrogens with two attached hydrogens (primary N) is 1. The second kappa shape index (κ2) is 4.30. The summed E-state index contributed by atoms with van der Waals surface area (Å²) in [6, 6.07) is 1.87. The first-order valence-corrected chi connectivity index (χ1v) is 5.48. The van der Waals surface area contributed by atoms with E-state index in [-0.39, 0.29) is 5.88 Å². The van der Waals surface area contributed by atoms with Crippen molar-refractivity contribution in [3.05, 3.63) is 28.4 Å². The van der Waals surface area contributed by atoms with Crippen LogP contribution in [0.5, 0.6) is 5.75 Å². The molecule has 0 aliphatic heterocycles. The van der Waals surface area contributed by atoms with Crippen LogP contribution in [0.4, 0.5) is 5.88 Å². The smallest absolute Gasteiger partial charge is 0.230 e. The Morgan fingerprint density at radius 1 is 1.41 bits per heavy atom. The number of halogens is 1. The summed E-state index contributed by atoms with van der Waals surface area (Å²) >= 11 is 6.23. The lowest BCUT2D eigenvalue weighted by Gasteiger charge is -2.13. The molecule has 0 amide bonds. The van der Waals surface area contributed by atoms with Crippen LogP contribution in [0.3, 0.4) is 0 Å². The van der Waals surface area contributed by atoms with Crippen LogP contribution in [0, 0.1) is 13.8 Å². The Morgan fingerprint density at radius 3 is 2.65 bits per heavy atom. The molecule has 2 rings (SSSR count). The van der Waals surface area contributed by atoms with E-state index in [0.717, 1.165) is 16.7 Å². The van der Waals surface area contributed by atoms with Gasteiger partial charge in [-0.2, -0.15) is 0 Å². The summed E-state index contributed by atoms with van der Waals surface area (Å²) in [6.45, 7) is 3.85. The van der Waals surface area contributed by atoms with Gasteiger partial charge in [0, 0.05) is 10.6 Å².